The second-order valence-corrected chi connectivity index (χ2v) is 6.44. The van der Waals surface area contributed by atoms with Crippen LogP contribution in [-0.2, 0) is 0 Å². The van der Waals surface area contributed by atoms with Crippen LogP contribution in [0.3, 0.4) is 0 Å². The molecule has 0 spiro atoms. The molecule has 1 atom stereocenters. The first-order chi connectivity index (χ1) is 11.8. The molecule has 0 radical (unpaired) electrons. The molecule has 2 aromatic carbocycles. The van der Waals surface area contributed by atoms with E-state index in [-0.39, 0.29) is 12.1 Å². The number of rotatable bonds is 0. The Bertz CT molecular complexity index is 933. The summed E-state index contributed by atoms with van der Waals surface area (Å²) in [5.41, 5.74) is 3.05. The Hall–Kier alpha value is -2.26. The van der Waals surface area contributed by atoms with Crippen molar-refractivity contribution in [3.05, 3.63) is 64.5 Å². The van der Waals surface area contributed by atoms with E-state index in [1.807, 2.05) is 47.5 Å². The van der Waals surface area contributed by atoms with E-state index in [9.17, 15) is 4.79 Å². The van der Waals surface area contributed by atoms with Crippen LogP contribution in [0.2, 0.25) is 0 Å². The number of carbonyl (C=O) groups is 1. The lowest BCUT2D eigenvalue weighted by Gasteiger charge is -2.34. The molecule has 4 rings (SSSR count). The lowest BCUT2D eigenvalue weighted by molar-refractivity contribution is -2.00. The Morgan fingerprint density at radius 1 is 1.00 bits per heavy atom. The van der Waals surface area contributed by atoms with Gasteiger partial charge in [0.15, 0.2) is 6.17 Å². The van der Waals surface area contributed by atoms with Crippen molar-refractivity contribution in [3.8, 4) is 0 Å². The van der Waals surface area contributed by atoms with Crippen molar-refractivity contribution in [1.29, 1.82) is 0 Å². The summed E-state index contributed by atoms with van der Waals surface area (Å²) in [6.07, 6.45) is 2.01. The molecule has 8 heteroatoms. The summed E-state index contributed by atoms with van der Waals surface area (Å²) in [7, 11) is -4.94. The minimum absolute atomic E-state index is 0.0345. The van der Waals surface area contributed by atoms with Crippen LogP contribution in [0, 0.1) is 10.2 Å². The molecule has 1 amide bonds. The molecule has 2 heterocycles. The van der Waals surface area contributed by atoms with Gasteiger partial charge in [-0.25, -0.2) is 18.6 Å². The number of carbonyl (C=O) groups excluding carboxylic acids is 1. The summed E-state index contributed by atoms with van der Waals surface area (Å²) in [5, 5.41) is 4.53. The molecule has 2 aromatic rings. The van der Waals surface area contributed by atoms with Gasteiger partial charge in [0, 0.05) is 11.8 Å². The second-order valence-electron chi connectivity index (χ2n) is 5.69. The summed E-state index contributed by atoms with van der Waals surface area (Å²) < 4.78 is 34.0. The zero-order chi connectivity index (χ0) is 18.2. The predicted molar refractivity (Wildman–Crippen MR) is 77.2 cm³/mol. The van der Waals surface area contributed by atoms with Crippen molar-refractivity contribution in [2.24, 2.45) is 0 Å². The molecular formula is C17H15ClN2O5. The number of benzene rings is 2. The second kappa shape index (κ2) is 6.57. The van der Waals surface area contributed by atoms with Gasteiger partial charge in [0.1, 0.15) is 11.3 Å². The quantitative estimate of drug-likeness (QED) is 0.472. The number of amides is 1. The molecule has 1 unspecified atom stereocenters. The highest BCUT2D eigenvalue weighted by Gasteiger charge is 2.36. The maximum absolute atomic E-state index is 12.7. The van der Waals surface area contributed by atoms with Crippen molar-refractivity contribution in [3.63, 3.8) is 0 Å². The fourth-order valence-electron chi connectivity index (χ4n) is 3.10. The number of halogens is 1. The summed E-state index contributed by atoms with van der Waals surface area (Å²) in [6, 6.07) is 16.0. The number of para-hydroxylation sites is 1. The summed E-state index contributed by atoms with van der Waals surface area (Å²) in [6.45, 7) is 2.11. The fourth-order valence-corrected chi connectivity index (χ4v) is 3.10. The van der Waals surface area contributed by atoms with Gasteiger partial charge in [0.2, 0.25) is 0 Å². The Kier molecular flexibility index (Phi) is 4.61. The van der Waals surface area contributed by atoms with Crippen LogP contribution in [0.25, 0.3) is 11.8 Å². The van der Waals surface area contributed by atoms with E-state index in [4.69, 9.17) is 18.6 Å². The van der Waals surface area contributed by atoms with Gasteiger partial charge >= 0.3 is 0 Å². The van der Waals surface area contributed by atoms with E-state index in [1.165, 1.54) is 10.8 Å². The highest BCUT2D eigenvalue weighted by molar-refractivity contribution is 6.01. The SMILES string of the molecule is CC1=c2ccccc2=CN2C(=O)c3ccccc3[NH2+]C12.[O-][Cl+3]([O-])([O-])[O-]. The van der Waals surface area contributed by atoms with Gasteiger partial charge in [-0.15, -0.1) is 10.2 Å². The molecular weight excluding hydrogens is 348 g/mol. The lowest BCUT2D eigenvalue weighted by atomic mass is 10.00. The molecule has 2 N–H and O–H groups in total. The number of quaternary nitrogens is 1. The lowest BCUT2D eigenvalue weighted by Crippen LogP contribution is -2.91. The molecule has 130 valence electrons. The Morgan fingerprint density at radius 3 is 2.32 bits per heavy atom. The van der Waals surface area contributed by atoms with Gasteiger partial charge < -0.3 is 0 Å². The molecule has 0 aliphatic carbocycles. The largest absolute Gasteiger partial charge is 0.290 e. The van der Waals surface area contributed by atoms with Crippen LogP contribution >= 0.6 is 0 Å². The first kappa shape index (κ1) is 17.6. The summed E-state index contributed by atoms with van der Waals surface area (Å²) >= 11 is 0. The van der Waals surface area contributed by atoms with Crippen LogP contribution < -0.4 is 34.4 Å². The van der Waals surface area contributed by atoms with E-state index in [2.05, 4.69) is 24.4 Å². The number of nitrogens with zero attached hydrogens (tertiary/aromatic N) is 1. The first-order valence-electron chi connectivity index (χ1n) is 7.42. The van der Waals surface area contributed by atoms with Crippen molar-refractivity contribution in [2.75, 3.05) is 0 Å². The molecule has 2 aliphatic heterocycles. The van der Waals surface area contributed by atoms with Crippen LogP contribution in [0.4, 0.5) is 5.69 Å². The van der Waals surface area contributed by atoms with E-state index in [0.717, 1.165) is 16.5 Å². The molecule has 0 aromatic heterocycles. The average Bonchev–Trinajstić information content (AvgIpc) is 2.55. The minimum atomic E-state index is -4.94. The topological polar surface area (TPSA) is 129 Å². The third-order valence-electron chi connectivity index (χ3n) is 4.17. The molecule has 2 aliphatic rings. The normalized spacial score (nSPS) is 18.3. The maximum Gasteiger partial charge on any atom is 0.268 e. The third-order valence-corrected chi connectivity index (χ3v) is 4.17. The van der Waals surface area contributed by atoms with Gasteiger partial charge in [-0.3, -0.25) is 15.0 Å². The van der Waals surface area contributed by atoms with Crippen molar-refractivity contribution >= 4 is 23.4 Å². The predicted octanol–water partition coefficient (Wildman–Crippen LogP) is -4.47. The standard InChI is InChI=1S/C17H14N2O.ClHO4/c1-11-13-7-3-2-6-12(13)10-19-16(11)18-15-9-5-4-8-14(15)17(19)20;2-1(3,4)5/h2-10,16,18H,1H3;(H,2,3,4,5). The minimum Gasteiger partial charge on any atom is -0.290 e. The highest BCUT2D eigenvalue weighted by atomic mass is 35.7. The average molecular weight is 363 g/mol. The van der Waals surface area contributed by atoms with Crippen LogP contribution in [0.15, 0.2) is 48.5 Å². The smallest absolute Gasteiger partial charge is 0.268 e. The highest BCUT2D eigenvalue weighted by Crippen LogP contribution is 2.21. The zero-order valence-corrected chi connectivity index (χ0v) is 14.0. The molecule has 0 fully saturated rings. The fraction of sp³-hybridized carbons (Fsp3) is 0.118. The first-order valence-corrected chi connectivity index (χ1v) is 8.65. The summed E-state index contributed by atoms with van der Waals surface area (Å²) in [5.74, 6) is 0.0851. The van der Waals surface area contributed by atoms with Gasteiger partial charge in [0.25, 0.3) is 5.91 Å². The van der Waals surface area contributed by atoms with Crippen LogP contribution in [0.1, 0.15) is 17.3 Å². The molecule has 7 nitrogen and oxygen atoms in total. The Morgan fingerprint density at radius 2 is 1.60 bits per heavy atom. The van der Waals surface area contributed by atoms with E-state index >= 15 is 0 Å². The molecule has 0 saturated heterocycles. The monoisotopic (exact) mass is 362 g/mol. The zero-order valence-electron chi connectivity index (χ0n) is 13.2. The van der Waals surface area contributed by atoms with Crippen LogP contribution in [-0.4, -0.2) is 17.0 Å². The van der Waals surface area contributed by atoms with Crippen LogP contribution in [0.5, 0.6) is 0 Å². The Labute approximate surface area is 145 Å². The molecule has 25 heavy (non-hydrogen) atoms. The van der Waals surface area contributed by atoms with Crippen molar-refractivity contribution in [2.45, 2.75) is 13.1 Å². The van der Waals surface area contributed by atoms with E-state index < -0.39 is 10.2 Å². The summed E-state index contributed by atoms with van der Waals surface area (Å²) in [4.78, 5) is 14.5. The van der Waals surface area contributed by atoms with E-state index in [1.54, 1.807) is 0 Å². The van der Waals surface area contributed by atoms with Crippen molar-refractivity contribution < 1.29 is 39.0 Å². The third kappa shape index (κ3) is 3.72. The number of hydrogen-bond acceptors (Lipinski definition) is 5. The van der Waals surface area contributed by atoms with E-state index in [0.29, 0.717) is 0 Å². The molecule has 0 bridgehead atoms. The van der Waals surface area contributed by atoms with Gasteiger partial charge in [0.05, 0.1) is 0 Å². The van der Waals surface area contributed by atoms with Crippen molar-refractivity contribution in [1.82, 2.24) is 4.90 Å². The number of fused-ring (bicyclic) bond motifs is 3. The van der Waals surface area contributed by atoms with Gasteiger partial charge in [-0.2, -0.15) is 0 Å². The van der Waals surface area contributed by atoms with Gasteiger partial charge in [-0.05, 0) is 29.5 Å². The molecule has 0 saturated carbocycles. The van der Waals surface area contributed by atoms with Gasteiger partial charge in [-0.1, -0.05) is 36.4 Å². The Balaban J connectivity index is 0.000000324. The number of nitrogens with two attached hydrogens (primary N) is 1. The number of hydrogen-bond donors (Lipinski definition) is 1. The maximum atomic E-state index is 12.7.